The molecule has 0 amide bonds. The van der Waals surface area contributed by atoms with Gasteiger partial charge in [0.15, 0.2) is 0 Å². The molecule has 6 nitrogen and oxygen atoms in total. The summed E-state index contributed by atoms with van der Waals surface area (Å²) in [5, 5.41) is 3.16. The second-order valence-corrected chi connectivity index (χ2v) is 3.73. The van der Waals surface area contributed by atoms with E-state index in [1.165, 1.54) is 6.33 Å². The van der Waals surface area contributed by atoms with Gasteiger partial charge in [0.2, 0.25) is 0 Å². The summed E-state index contributed by atoms with van der Waals surface area (Å²) in [4.78, 5) is 12.4. The van der Waals surface area contributed by atoms with Gasteiger partial charge >= 0.3 is 0 Å². The van der Waals surface area contributed by atoms with Crippen molar-refractivity contribution >= 4 is 11.6 Å². The Kier molecular flexibility index (Phi) is 4.03. The highest BCUT2D eigenvalue weighted by molar-refractivity contribution is 5.36. The molecule has 18 heavy (non-hydrogen) atoms. The second-order valence-electron chi connectivity index (χ2n) is 3.73. The quantitative estimate of drug-likeness (QED) is 0.823. The molecular formula is C12H15N5O. The molecule has 0 atom stereocenters. The van der Waals surface area contributed by atoms with Crippen LogP contribution in [0.1, 0.15) is 11.4 Å². The van der Waals surface area contributed by atoms with E-state index in [1.54, 1.807) is 13.2 Å². The van der Waals surface area contributed by atoms with Gasteiger partial charge in [-0.05, 0) is 12.1 Å². The standard InChI is InChI=1S/C12H15N5O/c1-18-7-10-5-12(16-8-15-10)14-6-9-3-2-4-11(13)17-9/h2-5,8H,6-7H2,1H3,(H2,13,17)(H,14,15,16). The lowest BCUT2D eigenvalue weighted by atomic mass is 10.3. The number of rotatable bonds is 5. The highest BCUT2D eigenvalue weighted by Crippen LogP contribution is 2.07. The van der Waals surface area contributed by atoms with Crippen LogP contribution in [0.15, 0.2) is 30.6 Å². The summed E-state index contributed by atoms with van der Waals surface area (Å²) in [5.41, 5.74) is 7.30. The highest BCUT2D eigenvalue weighted by atomic mass is 16.5. The number of nitrogens with one attached hydrogen (secondary N) is 1. The van der Waals surface area contributed by atoms with Gasteiger partial charge in [0.25, 0.3) is 0 Å². The third kappa shape index (κ3) is 3.39. The molecule has 2 aromatic rings. The molecule has 0 radical (unpaired) electrons. The van der Waals surface area contributed by atoms with Gasteiger partial charge < -0.3 is 15.8 Å². The van der Waals surface area contributed by atoms with Gasteiger partial charge in [-0.2, -0.15) is 0 Å². The number of nitrogen functional groups attached to an aromatic ring is 1. The van der Waals surface area contributed by atoms with Gasteiger partial charge in [0, 0.05) is 13.2 Å². The van der Waals surface area contributed by atoms with Gasteiger partial charge in [-0.15, -0.1) is 0 Å². The number of ether oxygens (including phenoxy) is 1. The van der Waals surface area contributed by atoms with Gasteiger partial charge in [-0.25, -0.2) is 15.0 Å². The molecule has 6 heteroatoms. The van der Waals surface area contributed by atoms with Crippen molar-refractivity contribution in [2.24, 2.45) is 0 Å². The van der Waals surface area contributed by atoms with Crippen LogP contribution in [0.2, 0.25) is 0 Å². The maximum absolute atomic E-state index is 5.61. The summed E-state index contributed by atoms with van der Waals surface area (Å²) in [6.07, 6.45) is 1.50. The van der Waals surface area contributed by atoms with Crippen molar-refractivity contribution in [3.05, 3.63) is 42.0 Å². The molecule has 0 bridgehead atoms. The summed E-state index contributed by atoms with van der Waals surface area (Å²) in [6, 6.07) is 7.37. The van der Waals surface area contributed by atoms with Crippen LogP contribution in [0.4, 0.5) is 11.6 Å². The molecule has 2 aromatic heterocycles. The van der Waals surface area contributed by atoms with Gasteiger partial charge in [0.1, 0.15) is 18.0 Å². The largest absolute Gasteiger partial charge is 0.384 e. The van der Waals surface area contributed by atoms with E-state index in [0.717, 1.165) is 17.2 Å². The maximum atomic E-state index is 5.61. The Morgan fingerprint density at radius 2 is 2.17 bits per heavy atom. The van der Waals surface area contributed by atoms with Crippen LogP contribution >= 0.6 is 0 Å². The fourth-order valence-corrected chi connectivity index (χ4v) is 1.50. The maximum Gasteiger partial charge on any atom is 0.130 e. The molecular weight excluding hydrogens is 230 g/mol. The van der Waals surface area contributed by atoms with Gasteiger partial charge in [-0.1, -0.05) is 6.07 Å². The van der Waals surface area contributed by atoms with Gasteiger partial charge in [0.05, 0.1) is 24.5 Å². The van der Waals surface area contributed by atoms with Crippen molar-refractivity contribution in [2.45, 2.75) is 13.2 Å². The molecule has 0 aromatic carbocycles. The number of hydrogen-bond acceptors (Lipinski definition) is 6. The molecule has 0 unspecified atom stereocenters. The Bertz CT molecular complexity index is 517. The number of nitrogens with zero attached hydrogens (tertiary/aromatic N) is 3. The molecule has 0 fully saturated rings. The minimum absolute atomic E-state index is 0.466. The third-order valence-corrected chi connectivity index (χ3v) is 2.29. The Morgan fingerprint density at radius 1 is 1.28 bits per heavy atom. The van der Waals surface area contributed by atoms with Crippen molar-refractivity contribution in [2.75, 3.05) is 18.2 Å². The summed E-state index contributed by atoms with van der Waals surface area (Å²) in [6.45, 7) is 1.03. The van der Waals surface area contributed by atoms with E-state index in [4.69, 9.17) is 10.5 Å². The number of hydrogen-bond donors (Lipinski definition) is 2. The van der Waals surface area contributed by atoms with Crippen molar-refractivity contribution in [3.8, 4) is 0 Å². The zero-order valence-corrected chi connectivity index (χ0v) is 10.1. The summed E-state index contributed by atoms with van der Waals surface area (Å²) in [5.74, 6) is 1.25. The first-order valence-electron chi connectivity index (χ1n) is 5.53. The first kappa shape index (κ1) is 12.3. The molecule has 3 N–H and O–H groups in total. The van der Waals surface area contributed by atoms with Crippen LogP contribution in [0.5, 0.6) is 0 Å². The summed E-state index contributed by atoms with van der Waals surface area (Å²) >= 11 is 0. The van der Waals surface area contributed by atoms with Crippen LogP contribution in [0.25, 0.3) is 0 Å². The zero-order chi connectivity index (χ0) is 12.8. The Morgan fingerprint density at radius 3 is 2.94 bits per heavy atom. The second kappa shape index (κ2) is 5.92. The normalized spacial score (nSPS) is 10.3. The molecule has 0 aliphatic carbocycles. The van der Waals surface area contributed by atoms with Crippen molar-refractivity contribution < 1.29 is 4.74 Å². The highest BCUT2D eigenvalue weighted by Gasteiger charge is 2.00. The number of anilines is 2. The molecule has 0 aliphatic rings. The van der Waals surface area contributed by atoms with Crippen LogP contribution in [-0.2, 0) is 17.9 Å². The van der Waals surface area contributed by atoms with Crippen molar-refractivity contribution in [1.82, 2.24) is 15.0 Å². The topological polar surface area (TPSA) is 86.0 Å². The average molecular weight is 245 g/mol. The van der Waals surface area contributed by atoms with E-state index in [0.29, 0.717) is 19.0 Å². The fraction of sp³-hybridized carbons (Fsp3) is 0.250. The first-order valence-corrected chi connectivity index (χ1v) is 5.53. The lowest BCUT2D eigenvalue weighted by molar-refractivity contribution is 0.181. The third-order valence-electron chi connectivity index (χ3n) is 2.29. The number of pyridine rings is 1. The van der Waals surface area contributed by atoms with Crippen LogP contribution in [0.3, 0.4) is 0 Å². The lowest BCUT2D eigenvalue weighted by Crippen LogP contribution is -2.05. The van der Waals surface area contributed by atoms with Crippen molar-refractivity contribution in [1.29, 1.82) is 0 Å². The molecule has 2 rings (SSSR count). The van der Waals surface area contributed by atoms with E-state index < -0.39 is 0 Å². The Balaban J connectivity index is 1.99. The SMILES string of the molecule is COCc1cc(NCc2cccc(N)n2)ncn1. The van der Waals surface area contributed by atoms with Crippen molar-refractivity contribution in [3.63, 3.8) is 0 Å². The van der Waals surface area contributed by atoms with Crippen LogP contribution < -0.4 is 11.1 Å². The number of methoxy groups -OCH3 is 1. The number of aromatic nitrogens is 3. The fourth-order valence-electron chi connectivity index (χ4n) is 1.50. The molecule has 0 aliphatic heterocycles. The predicted molar refractivity (Wildman–Crippen MR) is 68.7 cm³/mol. The van der Waals surface area contributed by atoms with E-state index in [1.807, 2.05) is 18.2 Å². The summed E-state index contributed by atoms with van der Waals surface area (Å²) < 4.78 is 5.01. The predicted octanol–water partition coefficient (Wildman–Crippen LogP) is 1.21. The molecule has 0 spiro atoms. The minimum atomic E-state index is 0.466. The zero-order valence-electron chi connectivity index (χ0n) is 10.1. The smallest absolute Gasteiger partial charge is 0.130 e. The lowest BCUT2D eigenvalue weighted by Gasteiger charge is -2.06. The average Bonchev–Trinajstić information content (AvgIpc) is 2.37. The molecule has 0 saturated heterocycles. The van der Waals surface area contributed by atoms with E-state index in [-0.39, 0.29) is 0 Å². The van der Waals surface area contributed by atoms with Crippen LogP contribution in [-0.4, -0.2) is 22.1 Å². The Hall–Kier alpha value is -2.21. The monoisotopic (exact) mass is 245 g/mol. The van der Waals surface area contributed by atoms with Gasteiger partial charge in [-0.3, -0.25) is 0 Å². The molecule has 2 heterocycles. The van der Waals surface area contributed by atoms with Crippen LogP contribution in [0, 0.1) is 0 Å². The first-order chi connectivity index (χ1) is 8.78. The van der Waals surface area contributed by atoms with E-state index in [9.17, 15) is 0 Å². The van der Waals surface area contributed by atoms with E-state index in [2.05, 4.69) is 20.3 Å². The summed E-state index contributed by atoms with van der Waals surface area (Å²) in [7, 11) is 1.63. The number of nitrogens with two attached hydrogens (primary N) is 1. The minimum Gasteiger partial charge on any atom is -0.384 e. The molecule has 0 saturated carbocycles. The van der Waals surface area contributed by atoms with E-state index >= 15 is 0 Å². The Labute approximate surface area is 105 Å². The molecule has 94 valence electrons.